The van der Waals surface area contributed by atoms with Crippen molar-refractivity contribution in [1.29, 1.82) is 0 Å². The van der Waals surface area contributed by atoms with Crippen LogP contribution in [0, 0.1) is 5.82 Å². The Morgan fingerprint density at radius 3 is 2.45 bits per heavy atom. The number of benzene rings is 1. The number of anilines is 2. The normalized spacial score (nSPS) is 14.4. The van der Waals surface area contributed by atoms with Gasteiger partial charge < -0.3 is 15.2 Å². The summed E-state index contributed by atoms with van der Waals surface area (Å²) in [5.74, 6) is -1.99. The molecule has 1 aromatic carbocycles. The smallest absolute Gasteiger partial charge is 0.417 e. The lowest BCUT2D eigenvalue weighted by Crippen LogP contribution is -2.26. The minimum atomic E-state index is -5.19. The van der Waals surface area contributed by atoms with Crippen molar-refractivity contribution >= 4 is 37.6 Å². The molecule has 14 heteroatoms. The first-order chi connectivity index (χ1) is 13.2. The van der Waals surface area contributed by atoms with Crippen LogP contribution in [0.1, 0.15) is 19.4 Å². The molecule has 160 valence electrons. The summed E-state index contributed by atoms with van der Waals surface area (Å²) < 4.78 is 82.3. The Morgan fingerprint density at radius 1 is 1.31 bits per heavy atom. The van der Waals surface area contributed by atoms with E-state index in [4.69, 9.17) is 9.88 Å². The highest BCUT2D eigenvalue weighted by atomic mass is 79.9. The van der Waals surface area contributed by atoms with Crippen molar-refractivity contribution in [3.63, 3.8) is 0 Å². The number of sulfonamides is 1. The summed E-state index contributed by atoms with van der Waals surface area (Å²) in [7, 11) is -4.97. The van der Waals surface area contributed by atoms with Crippen LogP contribution in [0.25, 0.3) is 0 Å². The second kappa shape index (κ2) is 8.38. The maximum Gasteiger partial charge on any atom is 0.417 e. The average Bonchev–Trinajstić information content (AvgIpc) is 2.55. The molecule has 0 amide bonds. The maximum absolute atomic E-state index is 14.1. The largest absolute Gasteiger partial charge is 0.471 e. The molecule has 0 radical (unpaired) electrons. The summed E-state index contributed by atoms with van der Waals surface area (Å²) in [5, 5.41) is 16.6. The molecule has 4 N–H and O–H groups in total. The Labute approximate surface area is 171 Å². The minimum absolute atomic E-state index is 0.0337. The zero-order valence-corrected chi connectivity index (χ0v) is 17.2. The predicted molar refractivity (Wildman–Crippen MR) is 97.6 cm³/mol. The molecular weight excluding hydrogens is 488 g/mol. The summed E-state index contributed by atoms with van der Waals surface area (Å²) in [4.78, 5) is 6.09. The summed E-state index contributed by atoms with van der Waals surface area (Å²) in [6.07, 6.45) is -5.49. The molecule has 0 unspecified atom stereocenters. The molecule has 0 fully saturated rings. The van der Waals surface area contributed by atoms with Crippen LogP contribution >= 0.6 is 15.9 Å². The Kier molecular flexibility index (Phi) is 6.71. The van der Waals surface area contributed by atoms with Gasteiger partial charge in [-0.25, -0.2) is 22.9 Å². The summed E-state index contributed by atoms with van der Waals surface area (Å²) in [6, 6.07) is 0.881. The Bertz CT molecular complexity index is 1020. The molecule has 0 spiro atoms. The van der Waals surface area contributed by atoms with Crippen molar-refractivity contribution < 1.29 is 35.8 Å². The highest BCUT2D eigenvalue weighted by Crippen LogP contribution is 2.37. The molecule has 2 atom stereocenters. The number of nitrogens with two attached hydrogens (primary N) is 1. The van der Waals surface area contributed by atoms with Gasteiger partial charge in [0.05, 0.1) is 22.3 Å². The summed E-state index contributed by atoms with van der Waals surface area (Å²) in [5.41, 5.74) is -2.25. The van der Waals surface area contributed by atoms with Crippen LogP contribution in [0.4, 0.5) is 29.2 Å². The van der Waals surface area contributed by atoms with Crippen molar-refractivity contribution in [1.82, 2.24) is 9.97 Å². The number of halogens is 5. The Morgan fingerprint density at radius 2 is 1.93 bits per heavy atom. The van der Waals surface area contributed by atoms with Crippen LogP contribution in [-0.2, 0) is 16.2 Å². The number of aliphatic hydroxyl groups is 1. The molecule has 0 saturated carbocycles. The number of ether oxygens (including phenoxy) is 1. The molecule has 2 rings (SSSR count). The van der Waals surface area contributed by atoms with Crippen LogP contribution in [0.5, 0.6) is 5.88 Å². The molecule has 8 nitrogen and oxygen atoms in total. The van der Waals surface area contributed by atoms with E-state index >= 15 is 0 Å². The summed E-state index contributed by atoms with van der Waals surface area (Å²) >= 11 is 3.13. The topological polar surface area (TPSA) is 127 Å². The Balaban J connectivity index is 2.46. The van der Waals surface area contributed by atoms with Crippen molar-refractivity contribution in [3.05, 3.63) is 34.2 Å². The SMILES string of the molecule is C[C@@H](O)[C@@H](C)Oc1nc(Nc2cc(F)c(S(N)(=O)=O)c(C(F)(F)F)c2)ncc1Br. The quantitative estimate of drug-likeness (QED) is 0.518. The van der Waals surface area contributed by atoms with E-state index in [0.29, 0.717) is 16.6 Å². The second-order valence-electron chi connectivity index (χ2n) is 5.91. The van der Waals surface area contributed by atoms with Crippen LogP contribution < -0.4 is 15.2 Å². The number of nitrogens with zero attached hydrogens (tertiary/aromatic N) is 2. The third-order valence-corrected chi connectivity index (χ3v) is 5.11. The van der Waals surface area contributed by atoms with Crippen LogP contribution in [-0.4, -0.2) is 35.7 Å². The monoisotopic (exact) mass is 502 g/mol. The van der Waals surface area contributed by atoms with Gasteiger partial charge in [-0.2, -0.15) is 18.2 Å². The highest BCUT2D eigenvalue weighted by Gasteiger charge is 2.39. The van der Waals surface area contributed by atoms with Gasteiger partial charge in [0.2, 0.25) is 21.9 Å². The van der Waals surface area contributed by atoms with Crippen molar-refractivity contribution in [2.45, 2.75) is 37.1 Å². The fraction of sp³-hybridized carbons (Fsp3) is 0.333. The first-order valence-corrected chi connectivity index (χ1v) is 10.1. The van der Waals surface area contributed by atoms with Gasteiger partial charge in [0.25, 0.3) is 0 Å². The molecular formula is C15H15BrF4N4O4S. The minimum Gasteiger partial charge on any atom is -0.471 e. The highest BCUT2D eigenvalue weighted by molar-refractivity contribution is 9.10. The van der Waals surface area contributed by atoms with Crippen LogP contribution in [0.3, 0.4) is 0 Å². The van der Waals surface area contributed by atoms with Gasteiger partial charge in [-0.3, -0.25) is 0 Å². The molecule has 0 saturated heterocycles. The third kappa shape index (κ3) is 5.74. The van der Waals surface area contributed by atoms with E-state index in [1.165, 1.54) is 13.1 Å². The molecule has 0 aliphatic carbocycles. The second-order valence-corrected chi connectivity index (χ2v) is 8.27. The average molecular weight is 503 g/mol. The van der Waals surface area contributed by atoms with Gasteiger partial charge in [0.15, 0.2) is 0 Å². The van der Waals surface area contributed by atoms with Crippen molar-refractivity contribution in [2.24, 2.45) is 5.14 Å². The van der Waals surface area contributed by atoms with Gasteiger partial charge >= 0.3 is 6.18 Å². The number of rotatable bonds is 6. The van der Waals surface area contributed by atoms with Crippen LogP contribution in [0.15, 0.2) is 27.7 Å². The van der Waals surface area contributed by atoms with E-state index in [0.717, 1.165) is 0 Å². The van der Waals surface area contributed by atoms with E-state index in [-0.39, 0.29) is 11.8 Å². The maximum atomic E-state index is 14.1. The number of alkyl halides is 3. The van der Waals surface area contributed by atoms with E-state index in [9.17, 15) is 31.1 Å². The van der Waals surface area contributed by atoms with Crippen molar-refractivity contribution in [2.75, 3.05) is 5.32 Å². The molecule has 0 aliphatic rings. The number of aliphatic hydroxyl groups excluding tert-OH is 1. The van der Waals surface area contributed by atoms with Gasteiger partial charge in [-0.15, -0.1) is 0 Å². The van der Waals surface area contributed by atoms with E-state index < -0.39 is 50.4 Å². The number of aromatic nitrogens is 2. The van der Waals surface area contributed by atoms with Crippen LogP contribution in [0.2, 0.25) is 0 Å². The third-order valence-electron chi connectivity index (χ3n) is 3.58. The Hall–Kier alpha value is -2.03. The zero-order chi connectivity index (χ0) is 22.1. The van der Waals surface area contributed by atoms with Gasteiger partial charge in [0.1, 0.15) is 16.8 Å². The first kappa shape index (κ1) is 23.3. The van der Waals surface area contributed by atoms with Gasteiger partial charge in [-0.1, -0.05) is 0 Å². The number of primary sulfonamides is 1. The molecule has 2 aromatic rings. The zero-order valence-electron chi connectivity index (χ0n) is 14.8. The molecule has 1 aromatic heterocycles. The molecule has 1 heterocycles. The van der Waals surface area contributed by atoms with Crippen molar-refractivity contribution in [3.8, 4) is 5.88 Å². The standard InChI is InChI=1S/C15H15BrF4N4O4S/c1-6(25)7(2)28-13-10(16)5-22-14(24-13)23-8-3-9(15(18,19)20)12(11(17)4-8)29(21,26)27/h3-7,25H,1-2H3,(H2,21,26,27)(H,22,23,24)/t6-,7-/m1/s1. The van der Waals surface area contributed by atoms with E-state index in [1.54, 1.807) is 6.92 Å². The lowest BCUT2D eigenvalue weighted by Gasteiger charge is -2.18. The van der Waals surface area contributed by atoms with Gasteiger partial charge in [0, 0.05) is 5.69 Å². The molecule has 0 bridgehead atoms. The molecule has 0 aliphatic heterocycles. The predicted octanol–water partition coefficient (Wildman–Crippen LogP) is 2.94. The number of hydrogen-bond donors (Lipinski definition) is 3. The first-order valence-electron chi connectivity index (χ1n) is 7.78. The number of hydrogen-bond acceptors (Lipinski definition) is 7. The lowest BCUT2D eigenvalue weighted by atomic mass is 10.2. The summed E-state index contributed by atoms with van der Waals surface area (Å²) in [6.45, 7) is 3.04. The fourth-order valence-electron chi connectivity index (χ4n) is 2.06. The fourth-order valence-corrected chi connectivity index (χ4v) is 3.16. The van der Waals surface area contributed by atoms with E-state index in [2.05, 4.69) is 31.2 Å². The van der Waals surface area contributed by atoms with E-state index in [1.807, 2.05) is 0 Å². The number of nitrogens with one attached hydrogen (secondary N) is 1. The van der Waals surface area contributed by atoms with Gasteiger partial charge in [-0.05, 0) is 41.9 Å². The molecule has 29 heavy (non-hydrogen) atoms. The lowest BCUT2D eigenvalue weighted by molar-refractivity contribution is -0.140.